The lowest BCUT2D eigenvalue weighted by Crippen LogP contribution is -2.49. The highest BCUT2D eigenvalue weighted by Crippen LogP contribution is 2.40. The zero-order chi connectivity index (χ0) is 16.6. The summed E-state index contributed by atoms with van der Waals surface area (Å²) in [5, 5.41) is 6.97. The number of hydrogen-bond donors (Lipinski definition) is 2. The van der Waals surface area contributed by atoms with E-state index in [1.165, 1.54) is 25.7 Å². The molecule has 0 bridgehead atoms. The Morgan fingerprint density at radius 3 is 2.75 bits per heavy atom. The summed E-state index contributed by atoms with van der Waals surface area (Å²) in [4.78, 5) is 12.7. The van der Waals surface area contributed by atoms with Gasteiger partial charge in [-0.25, -0.2) is 0 Å². The van der Waals surface area contributed by atoms with Crippen LogP contribution in [0, 0.1) is 12.8 Å². The highest BCUT2D eigenvalue weighted by molar-refractivity contribution is 6.01. The zero-order valence-electron chi connectivity index (χ0n) is 14.6. The van der Waals surface area contributed by atoms with Gasteiger partial charge in [0.25, 0.3) is 0 Å². The van der Waals surface area contributed by atoms with Gasteiger partial charge in [0.15, 0.2) is 5.78 Å². The molecule has 0 aromatic heterocycles. The van der Waals surface area contributed by atoms with E-state index in [2.05, 4.69) is 23.6 Å². The quantitative estimate of drug-likeness (QED) is 0.888. The summed E-state index contributed by atoms with van der Waals surface area (Å²) in [6.45, 7) is 4.98. The molecule has 4 heteroatoms. The van der Waals surface area contributed by atoms with Gasteiger partial charge in [-0.15, -0.1) is 0 Å². The first-order valence-electron chi connectivity index (χ1n) is 9.47. The molecule has 24 heavy (non-hydrogen) atoms. The molecule has 2 heterocycles. The number of piperidine rings is 1. The van der Waals surface area contributed by atoms with Crippen LogP contribution in [0.1, 0.15) is 60.9 Å². The van der Waals surface area contributed by atoms with E-state index >= 15 is 0 Å². The van der Waals surface area contributed by atoms with Gasteiger partial charge in [-0.2, -0.15) is 0 Å². The highest BCUT2D eigenvalue weighted by Gasteiger charge is 2.41. The molecule has 3 aliphatic rings. The summed E-state index contributed by atoms with van der Waals surface area (Å²) in [7, 11) is 0. The van der Waals surface area contributed by atoms with Crippen molar-refractivity contribution in [1.82, 2.24) is 5.32 Å². The van der Waals surface area contributed by atoms with E-state index in [9.17, 15) is 4.79 Å². The van der Waals surface area contributed by atoms with Crippen LogP contribution in [-0.2, 0) is 0 Å². The Balaban J connectivity index is 1.55. The Labute approximate surface area is 144 Å². The van der Waals surface area contributed by atoms with Crippen LogP contribution in [0.2, 0.25) is 0 Å². The van der Waals surface area contributed by atoms with E-state index < -0.39 is 0 Å². The lowest BCUT2D eigenvalue weighted by atomic mass is 9.82. The smallest absolute Gasteiger partial charge is 0.170 e. The van der Waals surface area contributed by atoms with Crippen molar-refractivity contribution in [3.05, 3.63) is 23.3 Å². The fourth-order valence-corrected chi connectivity index (χ4v) is 4.47. The van der Waals surface area contributed by atoms with E-state index in [0.717, 1.165) is 61.0 Å². The van der Waals surface area contributed by atoms with Gasteiger partial charge in [-0.05, 0) is 50.4 Å². The third-order valence-corrected chi connectivity index (χ3v) is 6.01. The third-order valence-electron chi connectivity index (χ3n) is 6.01. The minimum absolute atomic E-state index is 0.239. The van der Waals surface area contributed by atoms with Crippen LogP contribution >= 0.6 is 0 Å². The highest BCUT2D eigenvalue weighted by atomic mass is 16.5. The van der Waals surface area contributed by atoms with E-state index in [0.29, 0.717) is 6.42 Å². The number of ketones is 1. The minimum Gasteiger partial charge on any atom is -0.486 e. The van der Waals surface area contributed by atoms with Gasteiger partial charge < -0.3 is 15.4 Å². The van der Waals surface area contributed by atoms with Crippen LogP contribution in [0.3, 0.4) is 0 Å². The van der Waals surface area contributed by atoms with Crippen molar-refractivity contribution >= 4 is 11.5 Å². The largest absolute Gasteiger partial charge is 0.486 e. The van der Waals surface area contributed by atoms with Gasteiger partial charge >= 0.3 is 0 Å². The molecule has 1 aromatic rings. The summed E-state index contributed by atoms with van der Waals surface area (Å²) in [5.41, 5.74) is 2.75. The van der Waals surface area contributed by atoms with Crippen LogP contribution in [0.15, 0.2) is 12.1 Å². The summed E-state index contributed by atoms with van der Waals surface area (Å²) in [6, 6.07) is 4.09. The van der Waals surface area contributed by atoms with E-state index in [-0.39, 0.29) is 11.4 Å². The molecule has 0 radical (unpaired) electrons. The number of Topliss-reactive ketones (excluding diaryl/α,β-unsaturated/α-hetero) is 1. The van der Waals surface area contributed by atoms with Gasteiger partial charge in [0.05, 0.1) is 12.0 Å². The molecule has 0 unspecified atom stereocenters. The predicted molar refractivity (Wildman–Crippen MR) is 96.0 cm³/mol. The van der Waals surface area contributed by atoms with Crippen molar-refractivity contribution in [2.75, 3.05) is 25.0 Å². The Morgan fingerprint density at radius 2 is 2.00 bits per heavy atom. The fraction of sp³-hybridized carbons (Fsp3) is 0.650. The molecule has 2 N–H and O–H groups in total. The fourth-order valence-electron chi connectivity index (χ4n) is 4.47. The molecule has 1 spiro atoms. The molecular formula is C20H28N2O2. The number of fused-ring (bicyclic) bond motifs is 1. The molecule has 1 saturated heterocycles. The summed E-state index contributed by atoms with van der Waals surface area (Å²) >= 11 is 0. The molecule has 4 nitrogen and oxygen atoms in total. The van der Waals surface area contributed by atoms with Gasteiger partial charge in [-0.1, -0.05) is 12.8 Å². The minimum atomic E-state index is -0.284. The molecule has 1 saturated carbocycles. The van der Waals surface area contributed by atoms with Crippen LogP contribution < -0.4 is 15.4 Å². The van der Waals surface area contributed by atoms with Crippen LogP contribution in [0.4, 0.5) is 5.69 Å². The van der Waals surface area contributed by atoms with Gasteiger partial charge in [-0.3, -0.25) is 4.79 Å². The lowest BCUT2D eigenvalue weighted by Gasteiger charge is -2.41. The average molecular weight is 328 g/mol. The van der Waals surface area contributed by atoms with Crippen molar-refractivity contribution in [3.8, 4) is 5.75 Å². The predicted octanol–water partition coefficient (Wildman–Crippen LogP) is 3.68. The lowest BCUT2D eigenvalue weighted by molar-refractivity contribution is 0.0188. The second-order valence-electron chi connectivity index (χ2n) is 7.83. The average Bonchev–Trinajstić information content (AvgIpc) is 3.08. The summed E-state index contributed by atoms with van der Waals surface area (Å²) < 4.78 is 6.40. The summed E-state index contributed by atoms with van der Waals surface area (Å²) in [5.74, 6) is 1.81. The Bertz CT molecular complexity index is 629. The number of hydrogen-bond acceptors (Lipinski definition) is 4. The normalized spacial score (nSPS) is 23.1. The number of aryl methyl sites for hydroxylation is 1. The Kier molecular flexibility index (Phi) is 4.25. The van der Waals surface area contributed by atoms with E-state index in [4.69, 9.17) is 4.74 Å². The standard InChI is InChI=1S/C20H28N2O2/c1-14-10-16-18(23)12-20(6-8-21-9-7-20)24-19(16)11-17(14)22-13-15-4-2-3-5-15/h10-11,15,21-22H,2-9,12-13H2,1H3. The second-order valence-corrected chi connectivity index (χ2v) is 7.83. The maximum atomic E-state index is 12.7. The maximum Gasteiger partial charge on any atom is 0.170 e. The molecule has 4 rings (SSSR count). The molecule has 0 atom stereocenters. The number of rotatable bonds is 3. The van der Waals surface area contributed by atoms with Gasteiger partial charge in [0, 0.05) is 31.1 Å². The second kappa shape index (κ2) is 6.40. The van der Waals surface area contributed by atoms with Crippen LogP contribution in [0.25, 0.3) is 0 Å². The van der Waals surface area contributed by atoms with Crippen LogP contribution in [0.5, 0.6) is 5.75 Å². The number of nitrogens with one attached hydrogen (secondary N) is 2. The molecular weight excluding hydrogens is 300 g/mol. The molecule has 130 valence electrons. The van der Waals surface area contributed by atoms with Crippen LogP contribution in [-0.4, -0.2) is 31.0 Å². The first-order valence-corrected chi connectivity index (χ1v) is 9.47. The van der Waals surface area contributed by atoms with Gasteiger partial charge in [0.1, 0.15) is 11.4 Å². The number of ether oxygens (including phenoxy) is 1. The SMILES string of the molecule is Cc1cc2c(cc1NCC1CCCC1)OC1(CCNCC1)CC2=O. The van der Waals surface area contributed by atoms with Crippen molar-refractivity contribution < 1.29 is 9.53 Å². The first-order chi connectivity index (χ1) is 11.7. The number of anilines is 1. The van der Waals surface area contributed by atoms with E-state index in [1.807, 2.05) is 6.07 Å². The van der Waals surface area contributed by atoms with Crippen molar-refractivity contribution in [1.29, 1.82) is 0 Å². The first kappa shape index (κ1) is 15.9. The van der Waals surface area contributed by atoms with E-state index in [1.54, 1.807) is 0 Å². The van der Waals surface area contributed by atoms with Crippen molar-refractivity contribution in [2.24, 2.45) is 5.92 Å². The topological polar surface area (TPSA) is 50.4 Å². The Morgan fingerprint density at radius 1 is 1.25 bits per heavy atom. The number of carbonyl (C=O) groups is 1. The Hall–Kier alpha value is -1.55. The third kappa shape index (κ3) is 3.04. The maximum absolute atomic E-state index is 12.7. The molecule has 2 fully saturated rings. The number of carbonyl (C=O) groups excluding carboxylic acids is 1. The zero-order valence-corrected chi connectivity index (χ0v) is 14.6. The number of benzene rings is 1. The van der Waals surface area contributed by atoms with Gasteiger partial charge in [0.2, 0.25) is 0 Å². The molecule has 1 aromatic carbocycles. The molecule has 2 aliphatic heterocycles. The van der Waals surface area contributed by atoms with Crippen molar-refractivity contribution in [3.63, 3.8) is 0 Å². The molecule has 0 amide bonds. The van der Waals surface area contributed by atoms with Crippen molar-refractivity contribution in [2.45, 2.75) is 57.5 Å². The molecule has 1 aliphatic carbocycles. The summed E-state index contributed by atoms with van der Waals surface area (Å²) in [6.07, 6.45) is 7.75. The monoisotopic (exact) mass is 328 g/mol.